The molecule has 0 spiro atoms. The molecule has 0 aliphatic rings. The van der Waals surface area contributed by atoms with Crippen LogP contribution in [-0.4, -0.2) is 0 Å². The Morgan fingerprint density at radius 2 is 1.82 bits per heavy atom. The normalized spacial score (nSPS) is 12.8. The van der Waals surface area contributed by atoms with Crippen molar-refractivity contribution < 1.29 is 8.78 Å². The monoisotopic (exact) mass is 253 g/mol. The molecular formula is C13H13F2NS. The van der Waals surface area contributed by atoms with Gasteiger partial charge in [0.2, 0.25) is 0 Å². The maximum absolute atomic E-state index is 13.1. The number of nitrogens with two attached hydrogens (primary N) is 1. The van der Waals surface area contributed by atoms with E-state index in [0.29, 0.717) is 5.56 Å². The SMILES string of the molecule is Cc1cc(C(N)c2ccc(F)c(F)c2)c(C)s1. The van der Waals surface area contributed by atoms with Crippen molar-refractivity contribution in [1.82, 2.24) is 0 Å². The standard InChI is InChI=1S/C13H13F2NS/c1-7-5-10(8(2)17-7)13(16)9-3-4-11(14)12(15)6-9/h3-6,13H,16H2,1-2H3. The maximum atomic E-state index is 13.1. The number of benzene rings is 1. The summed E-state index contributed by atoms with van der Waals surface area (Å²) in [6, 6.07) is 5.38. The van der Waals surface area contributed by atoms with Crippen molar-refractivity contribution in [1.29, 1.82) is 0 Å². The molecule has 0 radical (unpaired) electrons. The van der Waals surface area contributed by atoms with Gasteiger partial charge in [-0.15, -0.1) is 11.3 Å². The summed E-state index contributed by atoms with van der Waals surface area (Å²) in [5, 5.41) is 0. The summed E-state index contributed by atoms with van der Waals surface area (Å²) in [7, 11) is 0. The summed E-state index contributed by atoms with van der Waals surface area (Å²) in [5.41, 5.74) is 7.63. The van der Waals surface area contributed by atoms with E-state index in [9.17, 15) is 8.78 Å². The summed E-state index contributed by atoms with van der Waals surface area (Å²) in [5.74, 6) is -1.71. The third kappa shape index (κ3) is 2.37. The quantitative estimate of drug-likeness (QED) is 0.867. The van der Waals surface area contributed by atoms with Crippen LogP contribution in [-0.2, 0) is 0 Å². The van der Waals surface area contributed by atoms with Crippen molar-refractivity contribution in [3.8, 4) is 0 Å². The molecule has 1 unspecified atom stereocenters. The smallest absolute Gasteiger partial charge is 0.159 e. The van der Waals surface area contributed by atoms with E-state index in [1.54, 1.807) is 11.3 Å². The Bertz CT molecular complexity index is 548. The fourth-order valence-corrected chi connectivity index (χ4v) is 2.82. The molecule has 90 valence electrons. The molecule has 0 aliphatic carbocycles. The first-order valence-electron chi connectivity index (χ1n) is 5.26. The lowest BCUT2D eigenvalue weighted by atomic mass is 10.00. The predicted molar refractivity (Wildman–Crippen MR) is 66.2 cm³/mol. The van der Waals surface area contributed by atoms with Crippen LogP contribution in [0.25, 0.3) is 0 Å². The lowest BCUT2D eigenvalue weighted by Gasteiger charge is -2.12. The molecule has 2 rings (SSSR count). The highest BCUT2D eigenvalue weighted by Gasteiger charge is 2.15. The first-order chi connectivity index (χ1) is 7.99. The van der Waals surface area contributed by atoms with E-state index in [2.05, 4.69) is 0 Å². The van der Waals surface area contributed by atoms with E-state index in [1.807, 2.05) is 19.9 Å². The first-order valence-corrected chi connectivity index (χ1v) is 6.08. The summed E-state index contributed by atoms with van der Waals surface area (Å²) in [6.07, 6.45) is 0. The number of hydrogen-bond acceptors (Lipinski definition) is 2. The van der Waals surface area contributed by atoms with Gasteiger partial charge in [0.15, 0.2) is 11.6 Å². The molecule has 0 aliphatic heterocycles. The molecule has 1 aromatic carbocycles. The Hall–Kier alpha value is -1.26. The number of aryl methyl sites for hydroxylation is 2. The molecule has 0 saturated heterocycles. The van der Waals surface area contributed by atoms with Crippen LogP contribution in [0.5, 0.6) is 0 Å². The van der Waals surface area contributed by atoms with Crippen molar-refractivity contribution in [3.05, 3.63) is 56.8 Å². The molecule has 0 bridgehead atoms. The van der Waals surface area contributed by atoms with Crippen LogP contribution in [0, 0.1) is 25.5 Å². The first kappa shape index (κ1) is 12.2. The largest absolute Gasteiger partial charge is 0.320 e. The number of thiophene rings is 1. The summed E-state index contributed by atoms with van der Waals surface area (Å²) >= 11 is 1.65. The second-order valence-corrected chi connectivity index (χ2v) is 5.48. The Morgan fingerprint density at radius 3 is 2.35 bits per heavy atom. The highest BCUT2D eigenvalue weighted by molar-refractivity contribution is 7.12. The van der Waals surface area contributed by atoms with Gasteiger partial charge in [-0.05, 0) is 43.2 Å². The average molecular weight is 253 g/mol. The van der Waals surface area contributed by atoms with Gasteiger partial charge in [-0.25, -0.2) is 8.78 Å². The third-order valence-electron chi connectivity index (χ3n) is 2.72. The fraction of sp³-hybridized carbons (Fsp3) is 0.231. The molecule has 1 atom stereocenters. The summed E-state index contributed by atoms with van der Waals surface area (Å²) in [6.45, 7) is 3.98. The van der Waals surface area contributed by atoms with Crippen LogP contribution in [0.3, 0.4) is 0 Å². The minimum atomic E-state index is -0.859. The minimum absolute atomic E-state index is 0.407. The second-order valence-electron chi connectivity index (χ2n) is 4.02. The summed E-state index contributed by atoms with van der Waals surface area (Å²) in [4.78, 5) is 2.27. The lowest BCUT2D eigenvalue weighted by molar-refractivity contribution is 0.506. The van der Waals surface area contributed by atoms with Crippen LogP contribution in [0.15, 0.2) is 24.3 Å². The van der Waals surface area contributed by atoms with Crippen molar-refractivity contribution >= 4 is 11.3 Å². The molecule has 17 heavy (non-hydrogen) atoms. The van der Waals surface area contributed by atoms with Crippen molar-refractivity contribution in [2.75, 3.05) is 0 Å². The van der Waals surface area contributed by atoms with Crippen LogP contribution < -0.4 is 5.73 Å². The van der Waals surface area contributed by atoms with Crippen molar-refractivity contribution in [3.63, 3.8) is 0 Å². The van der Waals surface area contributed by atoms with Gasteiger partial charge in [0.25, 0.3) is 0 Å². The highest BCUT2D eigenvalue weighted by atomic mass is 32.1. The zero-order valence-corrected chi connectivity index (χ0v) is 10.4. The zero-order chi connectivity index (χ0) is 12.6. The predicted octanol–water partition coefficient (Wildman–Crippen LogP) is 3.69. The van der Waals surface area contributed by atoms with E-state index in [-0.39, 0.29) is 0 Å². The molecule has 4 heteroatoms. The van der Waals surface area contributed by atoms with Gasteiger partial charge in [0.05, 0.1) is 6.04 Å². The maximum Gasteiger partial charge on any atom is 0.159 e. The topological polar surface area (TPSA) is 26.0 Å². The Morgan fingerprint density at radius 1 is 1.12 bits per heavy atom. The van der Waals surface area contributed by atoms with Crippen molar-refractivity contribution in [2.24, 2.45) is 5.73 Å². The Balaban J connectivity index is 2.40. The highest BCUT2D eigenvalue weighted by Crippen LogP contribution is 2.29. The molecule has 1 heterocycles. The van der Waals surface area contributed by atoms with E-state index < -0.39 is 17.7 Å². The third-order valence-corrected chi connectivity index (χ3v) is 3.70. The molecule has 2 N–H and O–H groups in total. The van der Waals surface area contributed by atoms with Crippen LogP contribution in [0.1, 0.15) is 26.9 Å². The van der Waals surface area contributed by atoms with E-state index in [4.69, 9.17) is 5.73 Å². The molecule has 1 aromatic heterocycles. The van der Waals surface area contributed by atoms with Gasteiger partial charge >= 0.3 is 0 Å². The fourth-order valence-electron chi connectivity index (χ4n) is 1.84. The van der Waals surface area contributed by atoms with Crippen molar-refractivity contribution in [2.45, 2.75) is 19.9 Å². The minimum Gasteiger partial charge on any atom is -0.320 e. The van der Waals surface area contributed by atoms with Gasteiger partial charge in [-0.1, -0.05) is 6.07 Å². The number of halogens is 2. The molecule has 0 saturated carbocycles. The van der Waals surface area contributed by atoms with Gasteiger partial charge in [0.1, 0.15) is 0 Å². The molecule has 2 aromatic rings. The average Bonchev–Trinajstić information content (AvgIpc) is 2.61. The molecule has 1 nitrogen and oxygen atoms in total. The van der Waals surface area contributed by atoms with Gasteiger partial charge in [-0.3, -0.25) is 0 Å². The van der Waals surface area contributed by atoms with E-state index >= 15 is 0 Å². The van der Waals surface area contributed by atoms with Crippen LogP contribution in [0.4, 0.5) is 8.78 Å². The number of hydrogen-bond donors (Lipinski definition) is 1. The molecular weight excluding hydrogens is 240 g/mol. The van der Waals surface area contributed by atoms with E-state index in [1.165, 1.54) is 6.07 Å². The van der Waals surface area contributed by atoms with Gasteiger partial charge in [0, 0.05) is 9.75 Å². The molecule has 0 fully saturated rings. The lowest BCUT2D eigenvalue weighted by Crippen LogP contribution is -2.12. The second kappa shape index (κ2) is 4.55. The Kier molecular flexibility index (Phi) is 3.26. The zero-order valence-electron chi connectivity index (χ0n) is 9.63. The Labute approximate surface area is 103 Å². The summed E-state index contributed by atoms with van der Waals surface area (Å²) < 4.78 is 26.0. The van der Waals surface area contributed by atoms with Crippen LogP contribution in [0.2, 0.25) is 0 Å². The molecule has 0 amide bonds. The van der Waals surface area contributed by atoms with E-state index in [0.717, 1.165) is 27.5 Å². The van der Waals surface area contributed by atoms with Gasteiger partial charge in [-0.2, -0.15) is 0 Å². The number of rotatable bonds is 2. The van der Waals surface area contributed by atoms with Gasteiger partial charge < -0.3 is 5.73 Å². The van der Waals surface area contributed by atoms with Crippen LogP contribution >= 0.6 is 11.3 Å².